The highest BCUT2D eigenvalue weighted by atomic mass is 14.4. The molecule has 3 aliphatic carbocycles. The quantitative estimate of drug-likeness (QED) is 0.528. The van der Waals surface area contributed by atoms with Crippen molar-refractivity contribution < 1.29 is 0 Å². The first-order valence-electron chi connectivity index (χ1n) is 9.34. The van der Waals surface area contributed by atoms with Gasteiger partial charge >= 0.3 is 0 Å². The predicted molar refractivity (Wildman–Crippen MR) is 83.1 cm³/mol. The van der Waals surface area contributed by atoms with Crippen LogP contribution in [0.4, 0.5) is 0 Å². The van der Waals surface area contributed by atoms with E-state index >= 15 is 0 Å². The average molecular weight is 262 g/mol. The number of fused-ring (bicyclic) bond motifs is 1. The number of hydrogen-bond donors (Lipinski definition) is 0. The topological polar surface area (TPSA) is 0 Å². The van der Waals surface area contributed by atoms with Gasteiger partial charge in [0.1, 0.15) is 0 Å². The Bertz CT molecular complexity index is 263. The van der Waals surface area contributed by atoms with E-state index in [9.17, 15) is 0 Å². The third-order valence-corrected chi connectivity index (χ3v) is 6.92. The number of rotatable bonds is 1. The van der Waals surface area contributed by atoms with Crippen LogP contribution in [0.25, 0.3) is 0 Å². The van der Waals surface area contributed by atoms with E-state index in [1.165, 1.54) is 38.5 Å². The fourth-order valence-electron chi connectivity index (χ4n) is 5.68. The summed E-state index contributed by atoms with van der Waals surface area (Å²) >= 11 is 0. The van der Waals surface area contributed by atoms with E-state index in [1.54, 1.807) is 44.9 Å². The molecule has 0 spiro atoms. The monoisotopic (exact) mass is 262 g/mol. The third kappa shape index (κ3) is 3.37. The van der Waals surface area contributed by atoms with Crippen LogP contribution in [-0.4, -0.2) is 0 Å². The predicted octanol–water partition coefficient (Wildman–Crippen LogP) is 6.20. The smallest absolute Gasteiger partial charge is 0.0360 e. The normalized spacial score (nSPS) is 42.2. The van der Waals surface area contributed by atoms with Crippen LogP contribution in [0.5, 0.6) is 0 Å². The second-order valence-corrected chi connectivity index (χ2v) is 8.00. The summed E-state index contributed by atoms with van der Waals surface area (Å²) in [5, 5.41) is 0. The minimum absolute atomic E-state index is 1.04. The van der Waals surface area contributed by atoms with Gasteiger partial charge in [0.2, 0.25) is 0 Å². The molecule has 0 radical (unpaired) electrons. The maximum Gasteiger partial charge on any atom is -0.0360 e. The molecule has 0 heterocycles. The van der Waals surface area contributed by atoms with Crippen molar-refractivity contribution in [1.29, 1.82) is 0 Å². The summed E-state index contributed by atoms with van der Waals surface area (Å²) < 4.78 is 0. The van der Waals surface area contributed by atoms with E-state index in [-0.39, 0.29) is 0 Å². The Kier molecular flexibility index (Phi) is 4.87. The third-order valence-electron chi connectivity index (χ3n) is 6.92. The van der Waals surface area contributed by atoms with Crippen molar-refractivity contribution in [3.8, 4) is 0 Å². The summed E-state index contributed by atoms with van der Waals surface area (Å²) in [6.07, 6.45) is 20.2. The standard InChI is InChI=1S/C19H34/c1-15-11-12-18-14-13-17(9-5-6-10-19(15)18)16-7-3-2-4-8-16/h15-19H,2-14H2,1H3. The first-order valence-corrected chi connectivity index (χ1v) is 9.34. The molecule has 0 amide bonds. The highest BCUT2D eigenvalue weighted by Gasteiger charge is 2.34. The molecule has 3 saturated carbocycles. The van der Waals surface area contributed by atoms with Crippen LogP contribution in [0.1, 0.15) is 90.4 Å². The van der Waals surface area contributed by atoms with E-state index in [1.807, 2.05) is 0 Å². The van der Waals surface area contributed by atoms with Gasteiger partial charge in [0.15, 0.2) is 0 Å². The van der Waals surface area contributed by atoms with Crippen molar-refractivity contribution in [3.63, 3.8) is 0 Å². The summed E-state index contributed by atoms with van der Waals surface area (Å²) in [7, 11) is 0. The summed E-state index contributed by atoms with van der Waals surface area (Å²) in [6.45, 7) is 2.53. The van der Waals surface area contributed by atoms with Gasteiger partial charge in [-0.15, -0.1) is 0 Å². The van der Waals surface area contributed by atoms with Crippen molar-refractivity contribution in [2.45, 2.75) is 90.4 Å². The van der Waals surface area contributed by atoms with Gasteiger partial charge in [-0.25, -0.2) is 0 Å². The zero-order chi connectivity index (χ0) is 13.1. The van der Waals surface area contributed by atoms with Crippen LogP contribution < -0.4 is 0 Å². The molecular formula is C19H34. The lowest BCUT2D eigenvalue weighted by molar-refractivity contribution is 0.207. The van der Waals surface area contributed by atoms with Crippen molar-refractivity contribution in [2.75, 3.05) is 0 Å². The molecule has 0 aromatic carbocycles. The van der Waals surface area contributed by atoms with Crippen molar-refractivity contribution in [1.82, 2.24) is 0 Å². The van der Waals surface area contributed by atoms with Crippen molar-refractivity contribution >= 4 is 0 Å². The SMILES string of the molecule is CC1CCC2CCC(C3CCCCC3)CCCCC12. The van der Waals surface area contributed by atoms with Gasteiger partial charge in [-0.2, -0.15) is 0 Å². The van der Waals surface area contributed by atoms with Gasteiger partial charge < -0.3 is 0 Å². The fraction of sp³-hybridized carbons (Fsp3) is 1.00. The molecule has 0 aliphatic heterocycles. The molecule has 19 heavy (non-hydrogen) atoms. The Morgan fingerprint density at radius 3 is 1.79 bits per heavy atom. The van der Waals surface area contributed by atoms with Gasteiger partial charge in [-0.3, -0.25) is 0 Å². The van der Waals surface area contributed by atoms with Crippen LogP contribution in [0.2, 0.25) is 0 Å². The zero-order valence-corrected chi connectivity index (χ0v) is 13.1. The molecule has 0 nitrogen and oxygen atoms in total. The maximum atomic E-state index is 2.53. The molecular weight excluding hydrogens is 228 g/mol. The van der Waals surface area contributed by atoms with Crippen LogP contribution >= 0.6 is 0 Å². The Morgan fingerprint density at radius 1 is 0.474 bits per heavy atom. The summed E-state index contributed by atoms with van der Waals surface area (Å²) in [5.41, 5.74) is 0. The summed E-state index contributed by atoms with van der Waals surface area (Å²) in [6, 6.07) is 0. The number of hydrogen-bond acceptors (Lipinski definition) is 0. The molecule has 3 fully saturated rings. The zero-order valence-electron chi connectivity index (χ0n) is 13.1. The Morgan fingerprint density at radius 2 is 1.00 bits per heavy atom. The molecule has 4 unspecified atom stereocenters. The van der Waals surface area contributed by atoms with E-state index < -0.39 is 0 Å². The van der Waals surface area contributed by atoms with Crippen LogP contribution in [0.3, 0.4) is 0 Å². The lowest BCUT2D eigenvalue weighted by Gasteiger charge is -2.31. The van der Waals surface area contributed by atoms with E-state index in [0.29, 0.717) is 0 Å². The molecule has 4 atom stereocenters. The minimum Gasteiger partial charge on any atom is -0.0622 e. The molecule has 0 N–H and O–H groups in total. The molecule has 3 rings (SSSR count). The lowest BCUT2D eigenvalue weighted by atomic mass is 9.75. The van der Waals surface area contributed by atoms with Gasteiger partial charge in [-0.05, 0) is 55.3 Å². The summed E-state index contributed by atoms with van der Waals surface area (Å²) in [5.74, 6) is 5.47. The molecule has 3 aliphatic rings. The Hall–Kier alpha value is 0. The Balaban J connectivity index is 1.59. The average Bonchev–Trinajstić information content (AvgIpc) is 2.83. The van der Waals surface area contributed by atoms with Crippen LogP contribution in [0, 0.1) is 29.6 Å². The lowest BCUT2D eigenvalue weighted by Crippen LogP contribution is -2.19. The first kappa shape index (κ1) is 14.0. The maximum absolute atomic E-state index is 2.53. The second-order valence-electron chi connectivity index (χ2n) is 8.00. The molecule has 0 saturated heterocycles. The fourth-order valence-corrected chi connectivity index (χ4v) is 5.68. The highest BCUT2D eigenvalue weighted by Crippen LogP contribution is 2.45. The Labute approximate surface area is 120 Å². The minimum atomic E-state index is 1.04. The van der Waals surface area contributed by atoms with E-state index in [2.05, 4.69) is 6.92 Å². The molecule has 0 aromatic heterocycles. The van der Waals surface area contributed by atoms with Gasteiger partial charge in [0.25, 0.3) is 0 Å². The van der Waals surface area contributed by atoms with E-state index in [0.717, 1.165) is 29.6 Å². The molecule has 0 bridgehead atoms. The molecule has 0 aromatic rings. The molecule has 110 valence electrons. The van der Waals surface area contributed by atoms with Crippen LogP contribution in [-0.2, 0) is 0 Å². The first-order chi connectivity index (χ1) is 9.34. The van der Waals surface area contributed by atoms with Crippen molar-refractivity contribution in [3.05, 3.63) is 0 Å². The van der Waals surface area contributed by atoms with E-state index in [4.69, 9.17) is 0 Å². The highest BCUT2D eigenvalue weighted by molar-refractivity contribution is 4.85. The summed E-state index contributed by atoms with van der Waals surface area (Å²) in [4.78, 5) is 0. The van der Waals surface area contributed by atoms with Gasteiger partial charge in [0.05, 0.1) is 0 Å². The van der Waals surface area contributed by atoms with Gasteiger partial charge in [-0.1, -0.05) is 64.7 Å². The van der Waals surface area contributed by atoms with Gasteiger partial charge in [0, 0.05) is 0 Å². The van der Waals surface area contributed by atoms with Crippen molar-refractivity contribution in [2.24, 2.45) is 29.6 Å². The van der Waals surface area contributed by atoms with Crippen LogP contribution in [0.15, 0.2) is 0 Å². The largest absolute Gasteiger partial charge is 0.0622 e. The molecule has 0 heteroatoms. The second kappa shape index (κ2) is 6.64.